The molecule has 0 heterocycles. The quantitative estimate of drug-likeness (QED) is 0.0229. The molecule has 1 aromatic carbocycles. The second-order valence-corrected chi connectivity index (χ2v) is 23.0. The molecular weight excluding hydrogens is 983 g/mol. The molecule has 3 aliphatic rings. The number of hydrogen-bond donors (Lipinski definition) is 0. The van der Waals surface area contributed by atoms with Gasteiger partial charge in [-0.2, -0.15) is 39.5 Å². The van der Waals surface area contributed by atoms with Gasteiger partial charge in [-0.25, -0.2) is 11.2 Å². The third kappa shape index (κ3) is 16.9. The Kier molecular flexibility index (Phi) is 24.1. The highest BCUT2D eigenvalue weighted by atomic mass is 33.1. The molecule has 0 amide bonds. The molecule has 0 N–H and O–H groups in total. The largest absolute Gasteiger partial charge is 0.494 e. The van der Waals surface area contributed by atoms with Crippen LogP contribution in [0.4, 0.5) is 39.5 Å². The normalized spacial score (nSPS) is 23.2. The maximum Gasteiger partial charge on any atom is 0.435 e. The van der Waals surface area contributed by atoms with Gasteiger partial charge in [-0.1, -0.05) is 41.5 Å². The van der Waals surface area contributed by atoms with Crippen molar-refractivity contribution in [3.05, 3.63) is 40.7 Å². The summed E-state index contributed by atoms with van der Waals surface area (Å²) in [5.74, 6) is 3.71. The van der Waals surface area contributed by atoms with Gasteiger partial charge in [0.2, 0.25) is 6.54 Å². The summed E-state index contributed by atoms with van der Waals surface area (Å²) in [6, 6.07) is 6.79. The number of alkyl halides is 9. The Morgan fingerprint density at radius 1 is 0.797 bits per heavy atom. The van der Waals surface area contributed by atoms with E-state index in [1.165, 1.54) is 11.1 Å². The Morgan fingerprint density at radius 3 is 2.07 bits per heavy atom. The van der Waals surface area contributed by atoms with Crippen LogP contribution in [0.2, 0.25) is 0 Å². The zero-order valence-corrected chi connectivity index (χ0v) is 43.2. The maximum atomic E-state index is 13.2. The second-order valence-electron chi connectivity index (χ2n) is 18.9. The maximum absolute atomic E-state index is 13.2. The van der Waals surface area contributed by atoms with Crippen LogP contribution in [0.25, 0.3) is 4.85 Å². The summed E-state index contributed by atoms with van der Waals surface area (Å²) in [5.41, 5.74) is -3.95. The molecule has 9 nitrogen and oxygen atoms in total. The molecule has 0 spiro atoms. The first-order valence-corrected chi connectivity index (χ1v) is 27.8. The molecule has 3 aliphatic carbocycles. The zero-order valence-electron chi connectivity index (χ0n) is 41.7. The standard InChI is InChI=1S/C48H74F9N2O7PS2/c1-34(2)59(35(3)4)67(65-27-21-58-7)66-33-36(5)12-10-23-61-29-31-69-68-30-28-60-22-8-9-24-62-38-14-16-39-37(32-38)13-15-41-40(39)19-20-44(6)42(41)17-18-43(44)63-25-11-26-64-45(46(49,50)51,47(52,53)54)48(55,56)57/h14,16,32,34-36,40-43H,8-13,15,17-31,33H2,1-6H3/i5D. The Labute approximate surface area is 414 Å². The topological polar surface area (TPSA) is 72.2 Å². The fourth-order valence-corrected chi connectivity index (χ4v) is 13.5. The lowest BCUT2D eigenvalue weighted by Crippen LogP contribution is -2.67. The summed E-state index contributed by atoms with van der Waals surface area (Å²) in [6.45, 7) is 20.4. The van der Waals surface area contributed by atoms with Crippen molar-refractivity contribution in [2.24, 2.45) is 23.2 Å². The molecule has 0 bridgehead atoms. The SMILES string of the molecule is [2H]CC(CCCOCCSSCCOCCCCOc1ccc2c(c1)CCC1C2CCC2(C)C(OCCCOC(C(F)(F)F)(C(F)(F)F)C(F)(F)F)CCC12)COP(OCC[N+]#[C-])N(C(C)C)C(C)C. The highest BCUT2D eigenvalue weighted by Crippen LogP contribution is 2.62. The predicted molar refractivity (Wildman–Crippen MR) is 254 cm³/mol. The predicted octanol–water partition coefficient (Wildman–Crippen LogP) is 14.0. The molecular formula is C48H74F9N2O7PS2. The van der Waals surface area contributed by atoms with Crippen LogP contribution in [0.5, 0.6) is 5.75 Å². The number of benzene rings is 1. The van der Waals surface area contributed by atoms with Gasteiger partial charge in [0.15, 0.2) is 0 Å². The summed E-state index contributed by atoms with van der Waals surface area (Å²) in [4.78, 5) is 3.39. The molecule has 0 saturated heterocycles. The lowest BCUT2D eigenvalue weighted by Gasteiger charge is -2.50. The minimum Gasteiger partial charge on any atom is -0.494 e. The van der Waals surface area contributed by atoms with Crippen molar-refractivity contribution in [1.82, 2.24) is 4.67 Å². The smallest absolute Gasteiger partial charge is 0.435 e. The van der Waals surface area contributed by atoms with E-state index in [2.05, 4.69) is 61.0 Å². The molecule has 7 atom stereocenters. The average molecular weight is 1060 g/mol. The summed E-state index contributed by atoms with van der Waals surface area (Å²) < 4.78 is 169. The van der Waals surface area contributed by atoms with Crippen molar-refractivity contribution < 1.29 is 73.6 Å². The molecule has 0 aromatic heterocycles. The van der Waals surface area contributed by atoms with Gasteiger partial charge in [-0.3, -0.25) is 0 Å². The molecule has 398 valence electrons. The van der Waals surface area contributed by atoms with Crippen LogP contribution in [0.1, 0.15) is 124 Å². The van der Waals surface area contributed by atoms with E-state index in [0.717, 1.165) is 75.0 Å². The van der Waals surface area contributed by atoms with E-state index < -0.39 is 45.7 Å². The van der Waals surface area contributed by atoms with Gasteiger partial charge in [0.1, 0.15) is 12.4 Å². The third-order valence-electron chi connectivity index (χ3n) is 13.4. The van der Waals surface area contributed by atoms with Crippen LogP contribution in [0.3, 0.4) is 0 Å². The van der Waals surface area contributed by atoms with Crippen LogP contribution >= 0.6 is 30.1 Å². The van der Waals surface area contributed by atoms with Gasteiger partial charge in [-0.05, 0) is 151 Å². The van der Waals surface area contributed by atoms with E-state index in [0.29, 0.717) is 77.0 Å². The lowest BCUT2D eigenvalue weighted by atomic mass is 9.55. The van der Waals surface area contributed by atoms with Gasteiger partial charge in [-0.15, -0.1) is 0 Å². The van der Waals surface area contributed by atoms with Gasteiger partial charge in [0.25, 0.3) is 8.53 Å². The van der Waals surface area contributed by atoms with Crippen molar-refractivity contribution in [2.45, 2.75) is 160 Å². The number of unbranched alkanes of at least 4 members (excludes halogenated alkanes) is 1. The number of nitrogens with zero attached hydrogens (tertiary/aromatic N) is 2. The summed E-state index contributed by atoms with van der Waals surface area (Å²) in [5, 5.41) is 0. The molecule has 69 heavy (non-hydrogen) atoms. The summed E-state index contributed by atoms with van der Waals surface area (Å²) >= 11 is 0. The third-order valence-corrected chi connectivity index (χ3v) is 17.8. The van der Waals surface area contributed by atoms with Gasteiger partial charge in [0.05, 0.1) is 39.1 Å². The van der Waals surface area contributed by atoms with Crippen LogP contribution in [0.15, 0.2) is 18.2 Å². The highest BCUT2D eigenvalue weighted by molar-refractivity contribution is 8.76. The van der Waals surface area contributed by atoms with Crippen molar-refractivity contribution in [2.75, 3.05) is 77.5 Å². The second kappa shape index (κ2) is 28.4. The van der Waals surface area contributed by atoms with Gasteiger partial charge in [0, 0.05) is 44.8 Å². The van der Waals surface area contributed by atoms with Crippen LogP contribution in [-0.4, -0.2) is 125 Å². The molecule has 4 rings (SSSR count). The number of aryl methyl sites for hydroxylation is 1. The van der Waals surface area contributed by atoms with Crippen molar-refractivity contribution >= 4 is 30.1 Å². The Morgan fingerprint density at radius 2 is 1.45 bits per heavy atom. The van der Waals surface area contributed by atoms with E-state index in [9.17, 15) is 39.5 Å². The summed E-state index contributed by atoms with van der Waals surface area (Å²) in [6.07, 6.45) is -12.6. The fourth-order valence-electron chi connectivity index (χ4n) is 10.2. The van der Waals surface area contributed by atoms with Gasteiger partial charge >= 0.3 is 24.1 Å². The molecule has 21 heteroatoms. The number of ether oxygens (including phenoxy) is 5. The number of hydrogen-bond acceptors (Lipinski definition) is 10. The van der Waals surface area contributed by atoms with Crippen LogP contribution < -0.4 is 4.74 Å². The lowest BCUT2D eigenvalue weighted by molar-refractivity contribution is -0.457. The molecule has 2 fully saturated rings. The first-order valence-electron chi connectivity index (χ1n) is 24.9. The Hall–Kier alpha value is -1.27. The molecule has 7 unspecified atom stereocenters. The number of rotatable bonds is 32. The Balaban J connectivity index is 1.03. The minimum atomic E-state index is -6.75. The van der Waals surface area contributed by atoms with Crippen molar-refractivity contribution in [3.63, 3.8) is 0 Å². The van der Waals surface area contributed by atoms with Crippen molar-refractivity contribution in [1.29, 1.82) is 0 Å². The molecule has 1 aromatic rings. The fraction of sp³-hybridized carbons (Fsp3) is 0.854. The zero-order chi connectivity index (χ0) is 51.6. The van der Waals surface area contributed by atoms with E-state index in [1.807, 2.05) is 6.07 Å². The average Bonchev–Trinajstić information content (AvgIpc) is 3.62. The van der Waals surface area contributed by atoms with E-state index >= 15 is 0 Å². The van der Waals surface area contributed by atoms with E-state index in [-0.39, 0.29) is 43.0 Å². The minimum absolute atomic E-state index is 0.0948. The molecule has 0 aliphatic heterocycles. The first-order chi connectivity index (χ1) is 33.1. The first kappa shape index (κ1) is 58.6. The molecule has 0 radical (unpaired) electrons. The van der Waals surface area contributed by atoms with Crippen molar-refractivity contribution in [3.8, 4) is 5.75 Å². The number of fused-ring (bicyclic) bond motifs is 5. The number of halogens is 9. The Bertz CT molecular complexity index is 1670. The monoisotopic (exact) mass is 1060 g/mol. The van der Waals surface area contributed by atoms with E-state index in [1.54, 1.807) is 21.6 Å². The summed E-state index contributed by atoms with van der Waals surface area (Å²) in [7, 11) is 2.23. The molecule has 2 saturated carbocycles. The van der Waals surface area contributed by atoms with E-state index in [4.69, 9.17) is 35.9 Å². The van der Waals surface area contributed by atoms with Gasteiger partial charge < -0.3 is 37.6 Å². The van der Waals surface area contributed by atoms with Crippen LogP contribution in [0, 0.1) is 29.7 Å². The van der Waals surface area contributed by atoms with Crippen LogP contribution in [-0.2, 0) is 34.4 Å². The highest BCUT2D eigenvalue weighted by Gasteiger charge is 2.85.